The van der Waals surface area contributed by atoms with Gasteiger partial charge in [-0.15, -0.1) is 11.3 Å². The lowest BCUT2D eigenvalue weighted by Gasteiger charge is -2.32. The number of thiophene rings is 1. The number of aryl methyl sites for hydroxylation is 1. The van der Waals surface area contributed by atoms with Gasteiger partial charge in [-0.2, -0.15) is 0 Å². The quantitative estimate of drug-likeness (QED) is 0.793. The fourth-order valence-corrected chi connectivity index (χ4v) is 4.03. The van der Waals surface area contributed by atoms with Crippen molar-refractivity contribution in [3.05, 3.63) is 51.7 Å². The van der Waals surface area contributed by atoms with E-state index < -0.39 is 0 Å². The second-order valence-corrected chi connectivity index (χ2v) is 7.44. The number of anilines is 1. The molecule has 0 spiro atoms. The number of nitrogens with two attached hydrogens (primary N) is 1. The van der Waals surface area contributed by atoms with Crippen LogP contribution in [0.5, 0.6) is 0 Å². The molecule has 2 heterocycles. The molecular formula is C19H25N3OS. The first-order valence-electron chi connectivity index (χ1n) is 8.53. The monoisotopic (exact) mass is 343 g/mol. The van der Waals surface area contributed by atoms with Crippen molar-refractivity contribution < 1.29 is 4.79 Å². The molecular weight excluding hydrogens is 318 g/mol. The zero-order valence-electron chi connectivity index (χ0n) is 14.1. The minimum absolute atomic E-state index is 0.0957. The second kappa shape index (κ2) is 7.81. The number of rotatable bonds is 6. The summed E-state index contributed by atoms with van der Waals surface area (Å²) in [6, 6.07) is 10.3. The summed E-state index contributed by atoms with van der Waals surface area (Å²) >= 11 is 1.86. The van der Waals surface area contributed by atoms with Crippen LogP contribution in [0.3, 0.4) is 0 Å². The first-order chi connectivity index (χ1) is 11.6. The Kier molecular flexibility index (Phi) is 5.53. The lowest BCUT2D eigenvalue weighted by molar-refractivity contribution is -0.121. The average Bonchev–Trinajstić information content (AvgIpc) is 3.06. The molecule has 24 heavy (non-hydrogen) atoms. The van der Waals surface area contributed by atoms with Crippen LogP contribution in [-0.4, -0.2) is 29.9 Å². The van der Waals surface area contributed by atoms with E-state index in [0.29, 0.717) is 25.4 Å². The standard InChI is InChI=1S/C19H25N3OS/c1-14(22-10-8-18-16(13-22)9-11-24-18)12-21-19(23)7-6-15-4-2-3-5-17(15)20/h2-5,9,11,14H,6-8,10,12-13,20H2,1H3,(H,21,23). The summed E-state index contributed by atoms with van der Waals surface area (Å²) in [7, 11) is 0. The summed E-state index contributed by atoms with van der Waals surface area (Å²) in [6.07, 6.45) is 2.29. The highest BCUT2D eigenvalue weighted by molar-refractivity contribution is 7.10. The zero-order valence-corrected chi connectivity index (χ0v) is 14.9. The largest absolute Gasteiger partial charge is 0.399 e. The maximum absolute atomic E-state index is 12.1. The molecule has 1 unspecified atom stereocenters. The smallest absolute Gasteiger partial charge is 0.220 e. The Morgan fingerprint density at radius 3 is 3.04 bits per heavy atom. The summed E-state index contributed by atoms with van der Waals surface area (Å²) in [5.74, 6) is 0.0957. The van der Waals surface area contributed by atoms with Gasteiger partial charge in [-0.3, -0.25) is 9.69 Å². The topological polar surface area (TPSA) is 58.4 Å². The zero-order chi connectivity index (χ0) is 16.9. The van der Waals surface area contributed by atoms with E-state index in [0.717, 1.165) is 30.8 Å². The number of para-hydroxylation sites is 1. The van der Waals surface area contributed by atoms with Crippen LogP contribution < -0.4 is 11.1 Å². The highest BCUT2D eigenvalue weighted by Crippen LogP contribution is 2.25. The van der Waals surface area contributed by atoms with Crippen molar-refractivity contribution in [1.82, 2.24) is 10.2 Å². The fourth-order valence-electron chi connectivity index (χ4n) is 3.14. The van der Waals surface area contributed by atoms with E-state index in [1.165, 1.54) is 10.4 Å². The van der Waals surface area contributed by atoms with Crippen LogP contribution in [0.2, 0.25) is 0 Å². The van der Waals surface area contributed by atoms with E-state index in [4.69, 9.17) is 5.73 Å². The fraction of sp³-hybridized carbons (Fsp3) is 0.421. The molecule has 5 heteroatoms. The third-order valence-corrected chi connectivity index (χ3v) is 5.75. The lowest BCUT2D eigenvalue weighted by Crippen LogP contribution is -2.44. The van der Waals surface area contributed by atoms with E-state index in [2.05, 4.69) is 28.6 Å². The van der Waals surface area contributed by atoms with Crippen LogP contribution in [0.1, 0.15) is 29.3 Å². The molecule has 2 aromatic rings. The van der Waals surface area contributed by atoms with Gasteiger partial charge in [-0.1, -0.05) is 18.2 Å². The molecule has 1 aromatic heterocycles. The van der Waals surface area contributed by atoms with Crippen molar-refractivity contribution in [3.63, 3.8) is 0 Å². The first-order valence-corrected chi connectivity index (χ1v) is 9.41. The minimum Gasteiger partial charge on any atom is -0.399 e. The Morgan fingerprint density at radius 1 is 1.38 bits per heavy atom. The second-order valence-electron chi connectivity index (χ2n) is 6.44. The number of carbonyl (C=O) groups excluding carboxylic acids is 1. The van der Waals surface area contributed by atoms with Crippen molar-refractivity contribution in [3.8, 4) is 0 Å². The van der Waals surface area contributed by atoms with Gasteiger partial charge in [0.2, 0.25) is 5.91 Å². The van der Waals surface area contributed by atoms with Gasteiger partial charge >= 0.3 is 0 Å². The highest BCUT2D eigenvalue weighted by atomic mass is 32.1. The minimum atomic E-state index is 0.0957. The SMILES string of the molecule is CC(CNC(=O)CCc1ccccc1N)N1CCc2sccc2C1. The van der Waals surface area contributed by atoms with Crippen LogP contribution in [0.25, 0.3) is 0 Å². The van der Waals surface area contributed by atoms with Crippen LogP contribution >= 0.6 is 11.3 Å². The molecule has 3 N–H and O–H groups in total. The van der Waals surface area contributed by atoms with Gasteiger partial charge in [-0.25, -0.2) is 0 Å². The molecule has 1 aliphatic rings. The number of nitrogens with zero attached hydrogens (tertiary/aromatic N) is 1. The molecule has 0 fully saturated rings. The Bertz CT molecular complexity index is 697. The van der Waals surface area contributed by atoms with E-state index in [1.807, 2.05) is 35.6 Å². The third kappa shape index (κ3) is 4.16. The Balaban J connectivity index is 1.42. The van der Waals surface area contributed by atoms with Gasteiger partial charge < -0.3 is 11.1 Å². The molecule has 3 rings (SSSR count). The summed E-state index contributed by atoms with van der Waals surface area (Å²) in [4.78, 5) is 16.1. The number of amides is 1. The Morgan fingerprint density at radius 2 is 2.21 bits per heavy atom. The average molecular weight is 343 g/mol. The maximum atomic E-state index is 12.1. The number of hydrogen-bond donors (Lipinski definition) is 2. The molecule has 0 aliphatic carbocycles. The molecule has 0 radical (unpaired) electrons. The van der Waals surface area contributed by atoms with Crippen molar-refractivity contribution in [2.24, 2.45) is 0 Å². The number of fused-ring (bicyclic) bond motifs is 1. The number of nitrogen functional groups attached to an aromatic ring is 1. The number of nitrogens with one attached hydrogen (secondary N) is 1. The van der Waals surface area contributed by atoms with E-state index in [9.17, 15) is 4.79 Å². The highest BCUT2D eigenvalue weighted by Gasteiger charge is 2.21. The van der Waals surface area contributed by atoms with Crippen molar-refractivity contribution in [1.29, 1.82) is 0 Å². The molecule has 0 bridgehead atoms. The molecule has 1 amide bonds. The molecule has 1 aliphatic heterocycles. The molecule has 0 saturated carbocycles. The van der Waals surface area contributed by atoms with Gasteiger partial charge in [0.05, 0.1) is 0 Å². The van der Waals surface area contributed by atoms with Crippen LogP contribution in [-0.2, 0) is 24.2 Å². The summed E-state index contributed by atoms with van der Waals surface area (Å²) in [6.45, 7) is 4.96. The third-order valence-electron chi connectivity index (χ3n) is 4.73. The molecule has 1 aromatic carbocycles. The first kappa shape index (κ1) is 17.0. The van der Waals surface area contributed by atoms with Gasteiger partial charge in [0.1, 0.15) is 0 Å². The summed E-state index contributed by atoms with van der Waals surface area (Å²) in [5, 5.41) is 5.24. The van der Waals surface area contributed by atoms with Gasteiger partial charge in [0, 0.05) is 42.7 Å². The molecule has 1 atom stereocenters. The number of hydrogen-bond acceptors (Lipinski definition) is 4. The maximum Gasteiger partial charge on any atom is 0.220 e. The predicted octanol–water partition coefficient (Wildman–Crippen LogP) is 2.83. The predicted molar refractivity (Wildman–Crippen MR) is 100 cm³/mol. The van der Waals surface area contributed by atoms with E-state index in [-0.39, 0.29) is 5.91 Å². The molecule has 128 valence electrons. The van der Waals surface area contributed by atoms with Gasteiger partial charge in [0.15, 0.2) is 0 Å². The van der Waals surface area contributed by atoms with Gasteiger partial charge in [0.25, 0.3) is 0 Å². The van der Waals surface area contributed by atoms with Gasteiger partial charge in [-0.05, 0) is 48.4 Å². The Hall–Kier alpha value is -1.85. The van der Waals surface area contributed by atoms with Crippen LogP contribution in [0.4, 0.5) is 5.69 Å². The number of benzene rings is 1. The van der Waals surface area contributed by atoms with E-state index >= 15 is 0 Å². The van der Waals surface area contributed by atoms with Crippen LogP contribution in [0.15, 0.2) is 35.7 Å². The van der Waals surface area contributed by atoms with Crippen molar-refractivity contribution in [2.45, 2.75) is 38.8 Å². The number of carbonyl (C=O) groups is 1. The molecule has 0 saturated heterocycles. The van der Waals surface area contributed by atoms with Crippen molar-refractivity contribution >= 4 is 22.9 Å². The summed E-state index contributed by atoms with van der Waals surface area (Å²) in [5.41, 5.74) is 9.17. The molecule has 4 nitrogen and oxygen atoms in total. The van der Waals surface area contributed by atoms with Crippen molar-refractivity contribution in [2.75, 3.05) is 18.8 Å². The lowest BCUT2D eigenvalue weighted by atomic mass is 10.1. The van der Waals surface area contributed by atoms with Crippen LogP contribution in [0, 0.1) is 0 Å². The van der Waals surface area contributed by atoms with E-state index in [1.54, 1.807) is 0 Å². The summed E-state index contributed by atoms with van der Waals surface area (Å²) < 4.78 is 0. The Labute approximate surface area is 147 Å². The normalized spacial score (nSPS) is 15.7.